The first-order chi connectivity index (χ1) is 12.8. The summed E-state index contributed by atoms with van der Waals surface area (Å²) in [4.78, 5) is 14.2. The van der Waals surface area contributed by atoms with E-state index in [4.69, 9.17) is 23.2 Å². The van der Waals surface area contributed by atoms with Gasteiger partial charge in [-0.15, -0.1) is 4.40 Å². The normalized spacial score (nSPS) is 16.0. The molecule has 0 unspecified atom stereocenters. The number of carbonyl (C=O) groups excluding carboxylic acids is 1. The lowest BCUT2D eigenvalue weighted by Gasteiger charge is -2.11. The first-order valence-corrected chi connectivity index (χ1v) is 10.4. The fraction of sp³-hybridized carbons (Fsp3) is 0.222. The van der Waals surface area contributed by atoms with Crippen LogP contribution in [-0.2, 0) is 10.0 Å². The summed E-state index contributed by atoms with van der Waals surface area (Å²) < 4.78 is 28.8. The molecule has 1 heterocycles. The number of hydrogen-bond donors (Lipinski definition) is 1. The number of carbonyl (C=O) groups is 1. The topological polar surface area (TPSA) is 78.8 Å². The average molecular weight is 426 g/mol. The number of nitrogens with zero attached hydrogens (tertiary/aromatic N) is 2. The molecular formula is C18H17Cl2N3O3S. The molecule has 1 aliphatic rings. The van der Waals surface area contributed by atoms with Crippen molar-refractivity contribution in [2.45, 2.75) is 17.7 Å². The van der Waals surface area contributed by atoms with Crippen LogP contribution in [0.5, 0.6) is 0 Å². The third kappa shape index (κ3) is 4.61. The first-order valence-electron chi connectivity index (χ1n) is 8.18. The zero-order valence-corrected chi connectivity index (χ0v) is 16.8. The Balaban J connectivity index is 1.77. The van der Waals surface area contributed by atoms with Gasteiger partial charge in [-0.25, -0.2) is 0 Å². The van der Waals surface area contributed by atoms with Crippen LogP contribution in [0.2, 0.25) is 10.0 Å². The predicted molar refractivity (Wildman–Crippen MR) is 107 cm³/mol. The lowest BCUT2D eigenvalue weighted by atomic mass is 10.2. The second-order valence-electron chi connectivity index (χ2n) is 6.11. The number of benzene rings is 2. The lowest BCUT2D eigenvalue weighted by molar-refractivity contribution is 0.102. The molecule has 0 aliphatic carbocycles. The van der Waals surface area contributed by atoms with Gasteiger partial charge < -0.3 is 10.2 Å². The van der Waals surface area contributed by atoms with Crippen LogP contribution in [-0.4, -0.2) is 38.7 Å². The Morgan fingerprint density at radius 3 is 2.48 bits per heavy atom. The Morgan fingerprint density at radius 2 is 1.85 bits per heavy atom. The zero-order valence-electron chi connectivity index (χ0n) is 14.4. The number of hydrogen-bond acceptors (Lipinski definition) is 3. The van der Waals surface area contributed by atoms with Gasteiger partial charge in [-0.05, 0) is 48.9 Å². The molecule has 6 nitrogen and oxygen atoms in total. The van der Waals surface area contributed by atoms with Crippen molar-refractivity contribution in [1.29, 1.82) is 0 Å². The second-order valence-corrected chi connectivity index (χ2v) is 8.56. The van der Waals surface area contributed by atoms with Gasteiger partial charge in [0.25, 0.3) is 15.9 Å². The monoisotopic (exact) mass is 425 g/mol. The van der Waals surface area contributed by atoms with Crippen molar-refractivity contribution in [2.24, 2.45) is 4.40 Å². The molecule has 0 aromatic heterocycles. The minimum absolute atomic E-state index is 0.0640. The quantitative estimate of drug-likeness (QED) is 0.800. The fourth-order valence-corrected chi connectivity index (χ4v) is 4.15. The molecule has 0 saturated carbocycles. The highest BCUT2D eigenvalue weighted by Crippen LogP contribution is 2.23. The number of rotatable bonds is 4. The van der Waals surface area contributed by atoms with E-state index in [-0.39, 0.29) is 15.5 Å². The standard InChI is InChI=1S/C18H17Cl2N3O3S/c1-23-10-2-3-17(23)22-27(25,26)14-7-5-13(6-8-14)21-18(24)15-11-12(19)4-9-16(15)20/h4-9,11H,2-3,10H2,1H3,(H,21,24)/b22-17-. The van der Waals surface area contributed by atoms with Gasteiger partial charge in [0.2, 0.25) is 0 Å². The van der Waals surface area contributed by atoms with E-state index in [0.29, 0.717) is 23.0 Å². The molecule has 0 bridgehead atoms. The van der Waals surface area contributed by atoms with Crippen molar-refractivity contribution in [3.05, 3.63) is 58.1 Å². The van der Waals surface area contributed by atoms with Gasteiger partial charge in [-0.2, -0.15) is 8.42 Å². The Kier molecular flexibility index (Phi) is 5.74. The number of anilines is 1. The molecule has 2 aromatic carbocycles. The molecule has 142 valence electrons. The highest BCUT2D eigenvalue weighted by Gasteiger charge is 2.20. The molecule has 3 rings (SSSR count). The highest BCUT2D eigenvalue weighted by atomic mass is 35.5. The van der Waals surface area contributed by atoms with Crippen molar-refractivity contribution in [3.63, 3.8) is 0 Å². The number of nitrogens with one attached hydrogen (secondary N) is 1. The summed E-state index contributed by atoms with van der Waals surface area (Å²) in [7, 11) is -1.97. The van der Waals surface area contributed by atoms with Crippen LogP contribution in [0.15, 0.2) is 51.8 Å². The summed E-state index contributed by atoms with van der Waals surface area (Å²) in [6.07, 6.45) is 1.53. The molecule has 0 atom stereocenters. The van der Waals surface area contributed by atoms with Crippen molar-refractivity contribution in [1.82, 2.24) is 4.90 Å². The van der Waals surface area contributed by atoms with Crippen LogP contribution < -0.4 is 5.32 Å². The maximum atomic E-state index is 12.4. The predicted octanol–water partition coefficient (Wildman–Crippen LogP) is 4.06. The molecule has 1 fully saturated rings. The van der Waals surface area contributed by atoms with Gasteiger partial charge in [0.1, 0.15) is 5.84 Å². The smallest absolute Gasteiger partial charge is 0.283 e. The number of likely N-dealkylation sites (tertiary alicyclic amines) is 1. The van der Waals surface area contributed by atoms with E-state index in [1.807, 2.05) is 11.9 Å². The number of amides is 1. The molecule has 1 N–H and O–H groups in total. The van der Waals surface area contributed by atoms with E-state index in [2.05, 4.69) is 9.71 Å². The molecule has 2 aromatic rings. The SMILES string of the molecule is CN1CCC/C1=N/S(=O)(=O)c1ccc(NC(=O)c2cc(Cl)ccc2Cl)cc1. The minimum atomic E-state index is -3.79. The summed E-state index contributed by atoms with van der Waals surface area (Å²) in [5, 5.41) is 3.33. The van der Waals surface area contributed by atoms with Crippen LogP contribution in [0.3, 0.4) is 0 Å². The van der Waals surface area contributed by atoms with Crippen LogP contribution in [0.25, 0.3) is 0 Å². The molecule has 1 aliphatic heterocycles. The first kappa shape index (κ1) is 19.7. The third-order valence-corrected chi connectivity index (χ3v) is 6.03. The average Bonchev–Trinajstić information content (AvgIpc) is 3.01. The highest BCUT2D eigenvalue weighted by molar-refractivity contribution is 7.90. The molecule has 0 radical (unpaired) electrons. The lowest BCUT2D eigenvalue weighted by Crippen LogP contribution is -2.20. The molecular weight excluding hydrogens is 409 g/mol. The molecule has 0 spiro atoms. The Bertz CT molecular complexity index is 1010. The van der Waals surface area contributed by atoms with Crippen molar-refractivity contribution >= 4 is 50.7 Å². The van der Waals surface area contributed by atoms with Gasteiger partial charge in [0.05, 0.1) is 15.5 Å². The van der Waals surface area contributed by atoms with Crippen molar-refractivity contribution in [3.8, 4) is 0 Å². The minimum Gasteiger partial charge on any atom is -0.362 e. The van der Waals surface area contributed by atoms with E-state index in [9.17, 15) is 13.2 Å². The van der Waals surface area contributed by atoms with E-state index in [1.165, 1.54) is 36.4 Å². The van der Waals surface area contributed by atoms with Gasteiger partial charge in [0, 0.05) is 30.7 Å². The second kappa shape index (κ2) is 7.88. The fourth-order valence-electron chi connectivity index (χ4n) is 2.68. The van der Waals surface area contributed by atoms with E-state index < -0.39 is 15.9 Å². The summed E-state index contributed by atoms with van der Waals surface area (Å²) in [6.45, 7) is 0.797. The molecule has 27 heavy (non-hydrogen) atoms. The van der Waals surface area contributed by atoms with Gasteiger partial charge in [-0.1, -0.05) is 23.2 Å². The number of amidine groups is 1. The van der Waals surface area contributed by atoms with Crippen LogP contribution in [0.1, 0.15) is 23.2 Å². The zero-order chi connectivity index (χ0) is 19.6. The van der Waals surface area contributed by atoms with E-state index in [1.54, 1.807) is 6.07 Å². The van der Waals surface area contributed by atoms with Crippen LogP contribution in [0, 0.1) is 0 Å². The maximum absolute atomic E-state index is 12.4. The van der Waals surface area contributed by atoms with Crippen molar-refractivity contribution < 1.29 is 13.2 Å². The third-order valence-electron chi connectivity index (χ3n) is 4.14. The van der Waals surface area contributed by atoms with Crippen LogP contribution in [0.4, 0.5) is 5.69 Å². The summed E-state index contributed by atoms with van der Waals surface area (Å²) in [5.74, 6) is 0.119. The van der Waals surface area contributed by atoms with Crippen molar-refractivity contribution in [2.75, 3.05) is 18.9 Å². The maximum Gasteiger partial charge on any atom is 0.283 e. The van der Waals surface area contributed by atoms with Gasteiger partial charge >= 0.3 is 0 Å². The largest absolute Gasteiger partial charge is 0.362 e. The Labute approximate surface area is 167 Å². The number of sulfonamides is 1. The summed E-state index contributed by atoms with van der Waals surface area (Å²) in [5.41, 5.74) is 0.664. The van der Waals surface area contributed by atoms with E-state index in [0.717, 1.165) is 13.0 Å². The van der Waals surface area contributed by atoms with Gasteiger partial charge in [0.15, 0.2) is 0 Å². The summed E-state index contributed by atoms with van der Waals surface area (Å²) in [6, 6.07) is 10.4. The van der Waals surface area contributed by atoms with Gasteiger partial charge in [-0.3, -0.25) is 4.79 Å². The Hall–Kier alpha value is -2.09. The number of halogens is 2. The van der Waals surface area contributed by atoms with Crippen LogP contribution >= 0.6 is 23.2 Å². The Morgan fingerprint density at radius 1 is 1.15 bits per heavy atom. The van der Waals surface area contributed by atoms with E-state index >= 15 is 0 Å². The summed E-state index contributed by atoms with van der Waals surface area (Å²) >= 11 is 11.9. The molecule has 9 heteroatoms. The molecule has 1 amide bonds. The molecule has 1 saturated heterocycles.